The number of imidazole rings is 1. The number of carbonyl (C=O) groups is 1. The normalized spacial score (nSPS) is 11.0. The van der Waals surface area contributed by atoms with Crippen LogP contribution >= 0.6 is 0 Å². The summed E-state index contributed by atoms with van der Waals surface area (Å²) in [5.74, 6) is 1.40. The van der Waals surface area contributed by atoms with Crippen molar-refractivity contribution >= 4 is 34.3 Å². The summed E-state index contributed by atoms with van der Waals surface area (Å²) in [6.07, 6.45) is 1.55. The number of nitrogens with zero attached hydrogens (tertiary/aromatic N) is 4. The fourth-order valence-electron chi connectivity index (χ4n) is 3.26. The van der Waals surface area contributed by atoms with Crippen molar-refractivity contribution in [1.82, 2.24) is 19.5 Å². The van der Waals surface area contributed by atoms with Crippen molar-refractivity contribution in [2.45, 2.75) is 26.8 Å². The number of fused-ring (bicyclic) bond motifs is 1. The zero-order chi connectivity index (χ0) is 20.4. The number of amides is 1. The zero-order valence-electron chi connectivity index (χ0n) is 16.5. The molecule has 7 nitrogen and oxygen atoms in total. The van der Waals surface area contributed by atoms with E-state index in [0.29, 0.717) is 11.3 Å². The number of hydrogen-bond donors (Lipinski definition) is 2. The number of aromatic nitrogens is 4. The van der Waals surface area contributed by atoms with Gasteiger partial charge in [0.25, 0.3) is 0 Å². The Balaban J connectivity index is 1.75. The molecule has 0 saturated heterocycles. The highest BCUT2D eigenvalue weighted by Gasteiger charge is 2.19. The van der Waals surface area contributed by atoms with Gasteiger partial charge in [-0.3, -0.25) is 4.79 Å². The average Bonchev–Trinajstić information content (AvgIpc) is 3.11. The second kappa shape index (κ2) is 7.71. The molecule has 7 heteroatoms. The summed E-state index contributed by atoms with van der Waals surface area (Å²) in [6.45, 7) is 5.71. The summed E-state index contributed by atoms with van der Waals surface area (Å²) in [6, 6.07) is 17.7. The van der Waals surface area contributed by atoms with Gasteiger partial charge in [-0.1, -0.05) is 30.3 Å². The Morgan fingerprint density at radius 3 is 2.31 bits per heavy atom. The minimum Gasteiger partial charge on any atom is -0.338 e. The first kappa shape index (κ1) is 18.6. The van der Waals surface area contributed by atoms with Crippen molar-refractivity contribution in [1.29, 1.82) is 0 Å². The molecule has 1 amide bonds. The molecule has 0 aliphatic rings. The van der Waals surface area contributed by atoms with E-state index in [1.54, 1.807) is 6.33 Å². The van der Waals surface area contributed by atoms with Gasteiger partial charge < -0.3 is 15.2 Å². The summed E-state index contributed by atoms with van der Waals surface area (Å²) in [4.78, 5) is 25.0. The highest BCUT2D eigenvalue weighted by atomic mass is 16.1. The van der Waals surface area contributed by atoms with Crippen molar-refractivity contribution in [2.75, 3.05) is 10.6 Å². The monoisotopic (exact) mass is 386 g/mol. The Hall–Kier alpha value is -3.74. The molecule has 2 aromatic carbocycles. The quantitative estimate of drug-likeness (QED) is 0.516. The highest BCUT2D eigenvalue weighted by Crippen LogP contribution is 2.31. The van der Waals surface area contributed by atoms with Crippen LogP contribution in [-0.2, 0) is 4.79 Å². The average molecular weight is 386 g/mol. The molecule has 0 aliphatic heterocycles. The van der Waals surface area contributed by atoms with E-state index in [1.165, 1.54) is 6.92 Å². The lowest BCUT2D eigenvalue weighted by Gasteiger charge is -2.12. The van der Waals surface area contributed by atoms with Gasteiger partial charge >= 0.3 is 0 Å². The molecule has 0 unspecified atom stereocenters. The van der Waals surface area contributed by atoms with Gasteiger partial charge in [0, 0.05) is 29.9 Å². The van der Waals surface area contributed by atoms with Crippen molar-refractivity contribution in [2.24, 2.45) is 0 Å². The van der Waals surface area contributed by atoms with Crippen LogP contribution < -0.4 is 10.6 Å². The molecule has 0 aliphatic carbocycles. The van der Waals surface area contributed by atoms with Gasteiger partial charge in [0.05, 0.1) is 0 Å². The van der Waals surface area contributed by atoms with Crippen LogP contribution in [0.4, 0.5) is 17.2 Å². The van der Waals surface area contributed by atoms with Gasteiger partial charge in [0.15, 0.2) is 17.0 Å². The zero-order valence-corrected chi connectivity index (χ0v) is 16.5. The van der Waals surface area contributed by atoms with Gasteiger partial charge in [-0.05, 0) is 38.1 Å². The van der Waals surface area contributed by atoms with Gasteiger partial charge in [-0.2, -0.15) is 0 Å². The molecule has 0 fully saturated rings. The number of benzene rings is 2. The first-order valence-corrected chi connectivity index (χ1v) is 9.46. The molecule has 146 valence electrons. The van der Waals surface area contributed by atoms with Crippen LogP contribution in [0.5, 0.6) is 0 Å². The Labute approximate surface area is 168 Å². The summed E-state index contributed by atoms with van der Waals surface area (Å²) < 4.78 is 2.12. The molecule has 29 heavy (non-hydrogen) atoms. The molecule has 2 heterocycles. The Morgan fingerprint density at radius 1 is 0.966 bits per heavy atom. The van der Waals surface area contributed by atoms with Gasteiger partial charge in [-0.25, -0.2) is 15.0 Å². The molecule has 0 saturated carbocycles. The number of carbonyl (C=O) groups excluding carboxylic acids is 1. The van der Waals surface area contributed by atoms with Crippen LogP contribution in [0.1, 0.15) is 26.8 Å². The maximum Gasteiger partial charge on any atom is 0.221 e. The largest absolute Gasteiger partial charge is 0.338 e. The molecular weight excluding hydrogens is 364 g/mol. The molecule has 2 aromatic heterocycles. The van der Waals surface area contributed by atoms with Crippen LogP contribution in [-0.4, -0.2) is 25.4 Å². The van der Waals surface area contributed by atoms with Crippen LogP contribution in [0.15, 0.2) is 60.9 Å². The summed E-state index contributed by atoms with van der Waals surface area (Å²) >= 11 is 0. The smallest absolute Gasteiger partial charge is 0.221 e. The number of anilines is 3. The standard InChI is InChI=1S/C22H22N6O/c1-14(2)28-21(16-7-5-4-6-8-16)27-19-20(23-13-24-22(19)28)26-18-11-9-17(10-12-18)25-15(3)29/h4-14H,1-3H3,(H,25,29)(H,23,24,26). The first-order valence-electron chi connectivity index (χ1n) is 9.46. The second-order valence-corrected chi connectivity index (χ2v) is 7.04. The lowest BCUT2D eigenvalue weighted by Crippen LogP contribution is -2.05. The third-order valence-electron chi connectivity index (χ3n) is 4.49. The minimum absolute atomic E-state index is 0.101. The van der Waals surface area contributed by atoms with E-state index in [1.807, 2.05) is 54.6 Å². The maximum atomic E-state index is 11.2. The second-order valence-electron chi connectivity index (χ2n) is 7.04. The predicted molar refractivity (Wildman–Crippen MR) is 115 cm³/mol. The fourth-order valence-corrected chi connectivity index (χ4v) is 3.26. The third kappa shape index (κ3) is 3.80. The number of nitrogens with one attached hydrogen (secondary N) is 2. The SMILES string of the molecule is CC(=O)Nc1ccc(Nc2ncnc3c2nc(-c2ccccc2)n3C(C)C)cc1. The van der Waals surface area contributed by atoms with E-state index in [-0.39, 0.29) is 11.9 Å². The Bertz CT molecular complexity index is 1150. The highest BCUT2D eigenvalue weighted by molar-refractivity contribution is 5.90. The van der Waals surface area contributed by atoms with E-state index in [0.717, 1.165) is 28.4 Å². The van der Waals surface area contributed by atoms with Crippen molar-refractivity contribution in [3.8, 4) is 11.4 Å². The molecular formula is C22H22N6O. The predicted octanol–water partition coefficient (Wildman–Crippen LogP) is 4.78. The molecule has 0 atom stereocenters. The molecule has 4 aromatic rings. The minimum atomic E-state index is -0.101. The molecule has 0 radical (unpaired) electrons. The van der Waals surface area contributed by atoms with Crippen LogP contribution in [0.2, 0.25) is 0 Å². The maximum absolute atomic E-state index is 11.2. The number of rotatable bonds is 5. The topological polar surface area (TPSA) is 84.7 Å². The van der Waals surface area contributed by atoms with Crippen molar-refractivity contribution in [3.05, 3.63) is 60.9 Å². The third-order valence-corrected chi connectivity index (χ3v) is 4.49. The summed E-state index contributed by atoms with van der Waals surface area (Å²) in [5, 5.41) is 6.08. The van der Waals surface area contributed by atoms with E-state index in [4.69, 9.17) is 4.98 Å². The summed E-state index contributed by atoms with van der Waals surface area (Å²) in [7, 11) is 0. The Kier molecular flexibility index (Phi) is 4.95. The van der Waals surface area contributed by atoms with Gasteiger partial charge in [0.2, 0.25) is 5.91 Å². The fraction of sp³-hybridized carbons (Fsp3) is 0.182. The van der Waals surface area contributed by atoms with Gasteiger partial charge in [-0.15, -0.1) is 0 Å². The number of hydrogen-bond acceptors (Lipinski definition) is 5. The molecule has 0 bridgehead atoms. The molecule has 2 N–H and O–H groups in total. The van der Waals surface area contributed by atoms with Crippen LogP contribution in [0.25, 0.3) is 22.6 Å². The molecule has 0 spiro atoms. The lowest BCUT2D eigenvalue weighted by molar-refractivity contribution is -0.114. The van der Waals surface area contributed by atoms with E-state index >= 15 is 0 Å². The van der Waals surface area contributed by atoms with Gasteiger partial charge in [0.1, 0.15) is 12.2 Å². The lowest BCUT2D eigenvalue weighted by atomic mass is 10.2. The summed E-state index contributed by atoms with van der Waals surface area (Å²) in [5.41, 5.74) is 4.12. The van der Waals surface area contributed by atoms with Crippen molar-refractivity contribution < 1.29 is 4.79 Å². The van der Waals surface area contributed by atoms with E-state index in [9.17, 15) is 4.79 Å². The van der Waals surface area contributed by atoms with E-state index in [2.05, 4.69) is 39.0 Å². The Morgan fingerprint density at radius 2 is 1.66 bits per heavy atom. The molecule has 4 rings (SSSR count). The van der Waals surface area contributed by atoms with Crippen molar-refractivity contribution in [3.63, 3.8) is 0 Å². The first-order chi connectivity index (χ1) is 14.0. The van der Waals surface area contributed by atoms with Crippen LogP contribution in [0, 0.1) is 0 Å². The van der Waals surface area contributed by atoms with Crippen LogP contribution in [0.3, 0.4) is 0 Å². The van der Waals surface area contributed by atoms with E-state index < -0.39 is 0 Å².